The fourth-order valence-corrected chi connectivity index (χ4v) is 3.18. The van der Waals surface area contributed by atoms with E-state index in [4.69, 9.17) is 4.52 Å². The van der Waals surface area contributed by atoms with Crippen molar-refractivity contribution in [2.45, 2.75) is 11.5 Å². The average molecular weight is 340 g/mol. The van der Waals surface area contributed by atoms with Crippen molar-refractivity contribution < 1.29 is 8.73 Å². The van der Waals surface area contributed by atoms with Crippen LogP contribution in [0.15, 0.2) is 45.9 Å². The van der Waals surface area contributed by atoms with Crippen molar-refractivity contribution >= 4 is 32.4 Å². The van der Waals surface area contributed by atoms with E-state index in [2.05, 4.69) is 26.1 Å². The van der Waals surface area contributed by atoms with Gasteiger partial charge in [-0.05, 0) is 28.1 Å². The van der Waals surface area contributed by atoms with Crippen molar-refractivity contribution in [2.24, 2.45) is 0 Å². The highest BCUT2D eigenvalue weighted by molar-refractivity contribution is 9.10. The van der Waals surface area contributed by atoms with Crippen LogP contribution in [0.25, 0.3) is 5.65 Å². The molecule has 7 heteroatoms. The predicted molar refractivity (Wildman–Crippen MR) is 74.9 cm³/mol. The third-order valence-corrected chi connectivity index (χ3v) is 4.28. The highest BCUT2D eigenvalue weighted by atomic mass is 79.9. The second-order valence-electron chi connectivity index (χ2n) is 4.06. The minimum Gasteiger partial charge on any atom is -0.364 e. The highest BCUT2D eigenvalue weighted by Crippen LogP contribution is 2.14. The number of imidazole rings is 1. The second-order valence-corrected chi connectivity index (χ2v) is 6.44. The van der Waals surface area contributed by atoms with Crippen LogP contribution in [-0.2, 0) is 22.3 Å². The fourth-order valence-electron chi connectivity index (χ4n) is 1.78. The van der Waals surface area contributed by atoms with Crippen molar-refractivity contribution in [1.82, 2.24) is 14.5 Å². The van der Waals surface area contributed by atoms with E-state index in [9.17, 15) is 4.21 Å². The van der Waals surface area contributed by atoms with Gasteiger partial charge in [0.25, 0.3) is 0 Å². The van der Waals surface area contributed by atoms with Gasteiger partial charge in [0.1, 0.15) is 11.9 Å². The third kappa shape index (κ3) is 2.93. The summed E-state index contributed by atoms with van der Waals surface area (Å²) in [7, 11) is -1.04. The number of nitrogens with zero attached hydrogens (tertiary/aromatic N) is 3. The molecule has 0 radical (unpaired) electrons. The minimum absolute atomic E-state index is 0.383. The van der Waals surface area contributed by atoms with Gasteiger partial charge >= 0.3 is 0 Å². The van der Waals surface area contributed by atoms with Gasteiger partial charge in [-0.2, -0.15) is 0 Å². The lowest BCUT2D eigenvalue weighted by atomic mass is 10.5. The molecule has 0 bridgehead atoms. The van der Waals surface area contributed by atoms with Crippen LogP contribution in [0.5, 0.6) is 0 Å². The van der Waals surface area contributed by atoms with Crippen LogP contribution in [0.1, 0.15) is 11.4 Å². The van der Waals surface area contributed by atoms with E-state index < -0.39 is 10.8 Å². The van der Waals surface area contributed by atoms with Gasteiger partial charge in [-0.25, -0.2) is 4.98 Å². The summed E-state index contributed by atoms with van der Waals surface area (Å²) < 4.78 is 19.6. The van der Waals surface area contributed by atoms with Crippen LogP contribution in [0.3, 0.4) is 0 Å². The SMILES string of the molecule is O=S(Cc1ccon1)Cc1cn2cc(Br)ccc2n1. The Morgan fingerprint density at radius 1 is 1.21 bits per heavy atom. The number of hydrogen-bond donors (Lipinski definition) is 0. The Bertz CT molecular complexity index is 724. The van der Waals surface area contributed by atoms with Gasteiger partial charge in [0.2, 0.25) is 0 Å². The number of aromatic nitrogens is 3. The standard InChI is InChI=1S/C12H10BrN3O2S/c13-9-1-2-12-14-11(6-16(12)5-9)8-19(17)7-10-3-4-18-15-10/h1-6H,7-8H2. The molecule has 1 unspecified atom stereocenters. The maximum atomic E-state index is 12.0. The summed E-state index contributed by atoms with van der Waals surface area (Å²) in [5.74, 6) is 0.792. The van der Waals surface area contributed by atoms with Crippen LogP contribution in [0.2, 0.25) is 0 Å². The monoisotopic (exact) mass is 339 g/mol. The summed E-state index contributed by atoms with van der Waals surface area (Å²) in [6, 6.07) is 5.56. The van der Waals surface area contributed by atoms with Crippen LogP contribution in [-0.4, -0.2) is 18.8 Å². The van der Waals surface area contributed by atoms with Gasteiger partial charge in [0.15, 0.2) is 0 Å². The molecule has 3 heterocycles. The van der Waals surface area contributed by atoms with E-state index in [1.165, 1.54) is 6.26 Å². The lowest BCUT2D eigenvalue weighted by molar-refractivity contribution is 0.414. The molecule has 0 spiro atoms. The molecule has 3 aromatic heterocycles. The summed E-state index contributed by atoms with van der Waals surface area (Å²) in [6.45, 7) is 0. The molecule has 0 aliphatic carbocycles. The maximum absolute atomic E-state index is 12.0. The Kier molecular flexibility index (Phi) is 3.48. The van der Waals surface area contributed by atoms with Crippen LogP contribution in [0, 0.1) is 0 Å². The summed E-state index contributed by atoms with van der Waals surface area (Å²) >= 11 is 3.41. The Labute approximate surface area is 120 Å². The van der Waals surface area contributed by atoms with Crippen molar-refractivity contribution in [1.29, 1.82) is 0 Å². The molecule has 98 valence electrons. The molecule has 19 heavy (non-hydrogen) atoms. The number of halogens is 1. The average Bonchev–Trinajstić information content (AvgIpc) is 2.97. The first-order valence-corrected chi connectivity index (χ1v) is 7.86. The summed E-state index contributed by atoms with van der Waals surface area (Å²) in [5, 5.41) is 3.75. The zero-order valence-electron chi connectivity index (χ0n) is 9.82. The van der Waals surface area contributed by atoms with Gasteiger partial charge < -0.3 is 8.92 Å². The quantitative estimate of drug-likeness (QED) is 0.732. The van der Waals surface area contributed by atoms with E-state index in [1.807, 2.05) is 28.9 Å². The molecular weight excluding hydrogens is 330 g/mol. The Hall–Kier alpha value is -1.47. The number of rotatable bonds is 4. The maximum Gasteiger partial charge on any atom is 0.137 e. The lowest BCUT2D eigenvalue weighted by Gasteiger charge is -1.95. The molecule has 0 aliphatic heterocycles. The van der Waals surface area contributed by atoms with Crippen molar-refractivity contribution in [3.8, 4) is 0 Å². The molecule has 0 fully saturated rings. The minimum atomic E-state index is -1.04. The number of pyridine rings is 1. The van der Waals surface area contributed by atoms with Crippen LogP contribution < -0.4 is 0 Å². The summed E-state index contributed by atoms with van der Waals surface area (Å²) in [6.07, 6.45) is 5.29. The molecule has 0 N–H and O–H groups in total. The van der Waals surface area contributed by atoms with Crippen molar-refractivity contribution in [3.63, 3.8) is 0 Å². The fraction of sp³-hybridized carbons (Fsp3) is 0.167. The van der Waals surface area contributed by atoms with E-state index in [1.54, 1.807) is 6.07 Å². The Morgan fingerprint density at radius 3 is 2.84 bits per heavy atom. The second kappa shape index (κ2) is 5.26. The largest absolute Gasteiger partial charge is 0.364 e. The van der Waals surface area contributed by atoms with Gasteiger partial charge in [-0.3, -0.25) is 4.21 Å². The first-order valence-electron chi connectivity index (χ1n) is 5.58. The molecule has 3 rings (SSSR count). The third-order valence-electron chi connectivity index (χ3n) is 2.57. The van der Waals surface area contributed by atoms with Crippen molar-refractivity contribution in [2.75, 3.05) is 0 Å². The normalized spacial score (nSPS) is 12.9. The van der Waals surface area contributed by atoms with Gasteiger partial charge in [-0.1, -0.05) is 5.16 Å². The van der Waals surface area contributed by atoms with Crippen molar-refractivity contribution in [3.05, 3.63) is 52.7 Å². The molecule has 0 saturated carbocycles. The first kappa shape index (κ1) is 12.6. The molecule has 0 aromatic carbocycles. The van der Waals surface area contributed by atoms with Gasteiger partial charge in [0.05, 0.1) is 22.9 Å². The molecule has 1 atom stereocenters. The molecule has 0 saturated heterocycles. The van der Waals surface area contributed by atoms with Crippen LogP contribution in [0.4, 0.5) is 0 Å². The van der Waals surface area contributed by atoms with E-state index in [-0.39, 0.29) is 0 Å². The van der Waals surface area contributed by atoms with E-state index in [0.29, 0.717) is 17.2 Å². The molecule has 0 amide bonds. The lowest BCUT2D eigenvalue weighted by Crippen LogP contribution is -1.99. The molecular formula is C12H10BrN3O2S. The highest BCUT2D eigenvalue weighted by Gasteiger charge is 2.09. The molecule has 0 aliphatic rings. The Morgan fingerprint density at radius 2 is 2.05 bits per heavy atom. The molecule has 3 aromatic rings. The zero-order valence-corrected chi connectivity index (χ0v) is 12.2. The summed E-state index contributed by atoms with van der Waals surface area (Å²) in [4.78, 5) is 4.43. The first-order chi connectivity index (χ1) is 9.20. The summed E-state index contributed by atoms with van der Waals surface area (Å²) in [5.41, 5.74) is 2.35. The number of hydrogen-bond acceptors (Lipinski definition) is 4. The van der Waals surface area contributed by atoms with E-state index in [0.717, 1.165) is 15.8 Å². The number of fused-ring (bicyclic) bond motifs is 1. The molecule has 5 nitrogen and oxygen atoms in total. The smallest absolute Gasteiger partial charge is 0.137 e. The van der Waals surface area contributed by atoms with Gasteiger partial charge in [0, 0.05) is 33.7 Å². The zero-order chi connectivity index (χ0) is 13.2. The Balaban J connectivity index is 1.76. The van der Waals surface area contributed by atoms with E-state index >= 15 is 0 Å². The van der Waals surface area contributed by atoms with Gasteiger partial charge in [-0.15, -0.1) is 0 Å². The topological polar surface area (TPSA) is 60.4 Å². The van der Waals surface area contributed by atoms with Crippen LogP contribution >= 0.6 is 15.9 Å². The predicted octanol–water partition coefficient (Wildman–Crippen LogP) is 2.53.